The van der Waals surface area contributed by atoms with E-state index in [2.05, 4.69) is 66.1 Å². The fourth-order valence-electron chi connectivity index (χ4n) is 3.90. The zero-order valence-electron chi connectivity index (χ0n) is 15.6. The Morgan fingerprint density at radius 1 is 0.885 bits per heavy atom. The molecule has 26 heavy (non-hydrogen) atoms. The Balaban J connectivity index is 1.57. The fraction of sp³-hybridized carbons (Fsp3) is 0.409. The maximum Gasteiger partial charge on any atom is 0.307 e. The molecule has 1 saturated heterocycles. The van der Waals surface area contributed by atoms with Crippen molar-refractivity contribution in [1.82, 2.24) is 9.80 Å². The molecular formula is C22H28N2O2. The predicted octanol–water partition coefficient (Wildman–Crippen LogP) is 3.41. The highest BCUT2D eigenvalue weighted by Gasteiger charge is 2.29. The van der Waals surface area contributed by atoms with Crippen LogP contribution in [0.25, 0.3) is 0 Å². The molecule has 4 nitrogen and oxygen atoms in total. The summed E-state index contributed by atoms with van der Waals surface area (Å²) in [5.74, 6) is -0.782. The number of rotatable bonds is 6. The van der Waals surface area contributed by atoms with E-state index in [1.54, 1.807) is 0 Å². The van der Waals surface area contributed by atoms with Crippen LogP contribution in [0.2, 0.25) is 0 Å². The minimum absolute atomic E-state index is 0.0898. The van der Waals surface area contributed by atoms with Crippen LogP contribution in [-0.2, 0) is 24.3 Å². The maximum absolute atomic E-state index is 10.8. The SMILES string of the molecule is C[C@@H]1CN(Cc2ccc(CC(=O)O)cc2)C[C@H](C)N1Cc1ccccc1. The first-order valence-corrected chi connectivity index (χ1v) is 9.33. The minimum Gasteiger partial charge on any atom is -0.481 e. The first kappa shape index (κ1) is 18.6. The lowest BCUT2D eigenvalue weighted by molar-refractivity contribution is -0.136. The third-order valence-corrected chi connectivity index (χ3v) is 5.17. The Bertz CT molecular complexity index is 703. The second kappa shape index (κ2) is 8.47. The van der Waals surface area contributed by atoms with Crippen LogP contribution in [0.15, 0.2) is 54.6 Å². The summed E-state index contributed by atoms with van der Waals surface area (Å²) >= 11 is 0. The van der Waals surface area contributed by atoms with Crippen molar-refractivity contribution in [2.45, 2.75) is 45.4 Å². The van der Waals surface area contributed by atoms with Crippen molar-refractivity contribution < 1.29 is 9.90 Å². The Labute approximate surface area is 156 Å². The molecule has 0 bridgehead atoms. The van der Waals surface area contributed by atoms with E-state index in [0.717, 1.165) is 31.7 Å². The van der Waals surface area contributed by atoms with Crippen LogP contribution < -0.4 is 0 Å². The quantitative estimate of drug-likeness (QED) is 0.865. The van der Waals surface area contributed by atoms with Crippen molar-refractivity contribution in [3.8, 4) is 0 Å². The van der Waals surface area contributed by atoms with Crippen LogP contribution in [0.3, 0.4) is 0 Å². The first-order valence-electron chi connectivity index (χ1n) is 9.33. The molecule has 4 heteroatoms. The van der Waals surface area contributed by atoms with Crippen LogP contribution in [0, 0.1) is 0 Å². The van der Waals surface area contributed by atoms with Gasteiger partial charge in [0.05, 0.1) is 6.42 Å². The van der Waals surface area contributed by atoms with Gasteiger partial charge in [0.2, 0.25) is 0 Å². The van der Waals surface area contributed by atoms with Crippen molar-refractivity contribution in [3.05, 3.63) is 71.3 Å². The van der Waals surface area contributed by atoms with Gasteiger partial charge in [0.25, 0.3) is 0 Å². The molecule has 0 aliphatic carbocycles. The zero-order chi connectivity index (χ0) is 18.5. The number of benzene rings is 2. The molecular weight excluding hydrogens is 324 g/mol. The highest BCUT2D eigenvalue weighted by Crippen LogP contribution is 2.20. The molecule has 0 spiro atoms. The number of nitrogens with zero attached hydrogens (tertiary/aromatic N) is 2. The van der Waals surface area contributed by atoms with Crippen molar-refractivity contribution in [2.75, 3.05) is 13.1 Å². The second-order valence-electron chi connectivity index (χ2n) is 7.44. The molecule has 3 rings (SSSR count). The lowest BCUT2D eigenvalue weighted by atomic mass is 10.0. The van der Waals surface area contributed by atoms with Crippen molar-refractivity contribution >= 4 is 5.97 Å². The van der Waals surface area contributed by atoms with Gasteiger partial charge in [-0.15, -0.1) is 0 Å². The Morgan fingerprint density at radius 3 is 2.00 bits per heavy atom. The number of aliphatic carboxylic acids is 1. The van der Waals surface area contributed by atoms with E-state index < -0.39 is 5.97 Å². The van der Waals surface area contributed by atoms with Gasteiger partial charge in [0, 0.05) is 38.3 Å². The molecule has 1 aliphatic heterocycles. The average molecular weight is 352 g/mol. The van der Waals surface area contributed by atoms with E-state index in [1.807, 2.05) is 12.1 Å². The van der Waals surface area contributed by atoms with Crippen LogP contribution >= 0.6 is 0 Å². The van der Waals surface area contributed by atoms with E-state index in [-0.39, 0.29) is 6.42 Å². The van der Waals surface area contributed by atoms with E-state index in [0.29, 0.717) is 12.1 Å². The standard InChI is InChI=1S/C22H28N2O2/c1-17-13-23(15-21-10-8-19(9-11-21)12-22(25)26)14-18(2)24(17)16-20-6-4-3-5-7-20/h3-11,17-18H,12-16H2,1-2H3,(H,25,26)/t17-,18+. The monoisotopic (exact) mass is 352 g/mol. The topological polar surface area (TPSA) is 43.8 Å². The van der Waals surface area contributed by atoms with Gasteiger partial charge in [-0.05, 0) is 30.5 Å². The number of hydrogen-bond acceptors (Lipinski definition) is 3. The highest BCUT2D eigenvalue weighted by molar-refractivity contribution is 5.70. The van der Waals surface area contributed by atoms with Crippen LogP contribution in [0.5, 0.6) is 0 Å². The molecule has 0 radical (unpaired) electrons. The summed E-state index contributed by atoms with van der Waals surface area (Å²) in [6.07, 6.45) is 0.0898. The summed E-state index contributed by atoms with van der Waals surface area (Å²) in [4.78, 5) is 15.9. The maximum atomic E-state index is 10.8. The van der Waals surface area contributed by atoms with Gasteiger partial charge >= 0.3 is 5.97 Å². The lowest BCUT2D eigenvalue weighted by Gasteiger charge is -2.44. The largest absolute Gasteiger partial charge is 0.481 e. The Kier molecular flexibility index (Phi) is 6.07. The minimum atomic E-state index is -0.782. The normalized spacial score (nSPS) is 21.6. The molecule has 2 atom stereocenters. The summed E-state index contributed by atoms with van der Waals surface area (Å²) in [5.41, 5.74) is 3.47. The molecule has 1 aliphatic rings. The molecule has 1 fully saturated rings. The van der Waals surface area contributed by atoms with Gasteiger partial charge in [-0.2, -0.15) is 0 Å². The summed E-state index contributed by atoms with van der Waals surface area (Å²) in [7, 11) is 0. The molecule has 138 valence electrons. The first-order chi connectivity index (χ1) is 12.5. The third-order valence-electron chi connectivity index (χ3n) is 5.17. The average Bonchev–Trinajstić information content (AvgIpc) is 2.60. The number of piperazine rings is 1. The van der Waals surface area contributed by atoms with Crippen LogP contribution in [0.1, 0.15) is 30.5 Å². The van der Waals surface area contributed by atoms with Gasteiger partial charge in [0.15, 0.2) is 0 Å². The summed E-state index contributed by atoms with van der Waals surface area (Å²) < 4.78 is 0. The molecule has 2 aromatic carbocycles. The molecule has 1 N–H and O–H groups in total. The summed E-state index contributed by atoms with van der Waals surface area (Å²) in [5, 5.41) is 8.87. The number of carboxylic acids is 1. The van der Waals surface area contributed by atoms with E-state index >= 15 is 0 Å². The molecule has 1 heterocycles. The van der Waals surface area contributed by atoms with Gasteiger partial charge in [-0.25, -0.2) is 0 Å². The summed E-state index contributed by atoms with van der Waals surface area (Å²) in [6.45, 7) is 8.63. The van der Waals surface area contributed by atoms with Gasteiger partial charge in [-0.3, -0.25) is 14.6 Å². The zero-order valence-corrected chi connectivity index (χ0v) is 15.6. The smallest absolute Gasteiger partial charge is 0.307 e. The second-order valence-corrected chi connectivity index (χ2v) is 7.44. The Morgan fingerprint density at radius 2 is 1.42 bits per heavy atom. The molecule has 0 unspecified atom stereocenters. The van der Waals surface area contributed by atoms with E-state index in [1.165, 1.54) is 11.1 Å². The van der Waals surface area contributed by atoms with E-state index in [4.69, 9.17) is 5.11 Å². The Hall–Kier alpha value is -2.17. The lowest BCUT2D eigenvalue weighted by Crippen LogP contribution is -2.55. The van der Waals surface area contributed by atoms with Gasteiger partial charge < -0.3 is 5.11 Å². The number of carbonyl (C=O) groups is 1. The molecule has 2 aromatic rings. The van der Waals surface area contributed by atoms with E-state index in [9.17, 15) is 4.79 Å². The molecule has 0 aromatic heterocycles. The summed E-state index contributed by atoms with van der Waals surface area (Å²) in [6, 6.07) is 19.7. The van der Waals surface area contributed by atoms with Crippen molar-refractivity contribution in [2.24, 2.45) is 0 Å². The number of hydrogen-bond donors (Lipinski definition) is 1. The molecule has 0 saturated carbocycles. The van der Waals surface area contributed by atoms with Crippen LogP contribution in [0.4, 0.5) is 0 Å². The highest BCUT2D eigenvalue weighted by atomic mass is 16.4. The predicted molar refractivity (Wildman–Crippen MR) is 104 cm³/mol. The van der Waals surface area contributed by atoms with Crippen molar-refractivity contribution in [1.29, 1.82) is 0 Å². The van der Waals surface area contributed by atoms with Gasteiger partial charge in [0.1, 0.15) is 0 Å². The third kappa shape index (κ3) is 4.93. The fourth-order valence-corrected chi connectivity index (χ4v) is 3.90. The number of carboxylic acid groups (broad SMARTS) is 1. The molecule has 0 amide bonds. The van der Waals surface area contributed by atoms with Gasteiger partial charge in [-0.1, -0.05) is 54.6 Å². The van der Waals surface area contributed by atoms with Crippen LogP contribution in [-0.4, -0.2) is 46.0 Å². The van der Waals surface area contributed by atoms with Crippen molar-refractivity contribution in [3.63, 3.8) is 0 Å².